The van der Waals surface area contributed by atoms with Crippen LogP contribution >= 0.6 is 24.8 Å². The lowest BCUT2D eigenvalue weighted by molar-refractivity contribution is 0.0212. The van der Waals surface area contributed by atoms with Gasteiger partial charge in [0.1, 0.15) is 5.75 Å². The van der Waals surface area contributed by atoms with Crippen molar-refractivity contribution in [1.82, 2.24) is 10.2 Å². The number of hydrogen-bond donors (Lipinski definition) is 1. The second-order valence-electron chi connectivity index (χ2n) is 6.19. The fraction of sp³-hybridized carbons (Fsp3) is 0.667. The Morgan fingerprint density at radius 1 is 1.21 bits per heavy atom. The highest BCUT2D eigenvalue weighted by Crippen LogP contribution is 2.36. The highest BCUT2D eigenvalue weighted by atomic mass is 35.5. The van der Waals surface area contributed by atoms with Gasteiger partial charge in [-0.25, -0.2) is 0 Å². The Morgan fingerprint density at radius 2 is 1.92 bits per heavy atom. The van der Waals surface area contributed by atoms with Crippen LogP contribution in [-0.2, 0) is 4.74 Å². The van der Waals surface area contributed by atoms with Crippen LogP contribution in [0.15, 0.2) is 24.3 Å². The Hall–Kier alpha value is -0.520. The van der Waals surface area contributed by atoms with E-state index in [1.54, 1.807) is 0 Å². The lowest BCUT2D eigenvalue weighted by Crippen LogP contribution is -2.47. The molecule has 0 amide bonds. The van der Waals surface area contributed by atoms with Gasteiger partial charge in [-0.15, -0.1) is 24.8 Å². The summed E-state index contributed by atoms with van der Waals surface area (Å²) >= 11 is 0. The smallest absolute Gasteiger partial charge is 0.119 e. The van der Waals surface area contributed by atoms with Gasteiger partial charge in [-0.1, -0.05) is 12.1 Å². The number of hydrogen-bond acceptors (Lipinski definition) is 4. The van der Waals surface area contributed by atoms with Gasteiger partial charge >= 0.3 is 0 Å². The molecule has 0 unspecified atom stereocenters. The van der Waals surface area contributed by atoms with Crippen LogP contribution in [0.5, 0.6) is 5.75 Å². The van der Waals surface area contributed by atoms with Gasteiger partial charge in [0.2, 0.25) is 0 Å². The van der Waals surface area contributed by atoms with Crippen molar-refractivity contribution < 1.29 is 9.47 Å². The molecule has 3 rings (SSSR count). The molecule has 138 valence electrons. The standard InChI is InChI=1S/C18H28N2O2.2ClH/c1-2-22-17-5-3-4-16(14-17)18(15-6-12-21-13-7-15)20-10-8-19-9-11-20;;/h3-5,14-15,18-19H,2,6-13H2,1H3;2*1H/t18-;;/m1../s1. The van der Waals surface area contributed by atoms with Crippen LogP contribution in [0.3, 0.4) is 0 Å². The summed E-state index contributed by atoms with van der Waals surface area (Å²) in [6.45, 7) is 8.99. The Morgan fingerprint density at radius 3 is 2.58 bits per heavy atom. The molecule has 0 aromatic heterocycles. The minimum absolute atomic E-state index is 0. The van der Waals surface area contributed by atoms with Crippen molar-refractivity contribution in [1.29, 1.82) is 0 Å². The molecule has 0 bridgehead atoms. The molecule has 2 aliphatic heterocycles. The summed E-state index contributed by atoms with van der Waals surface area (Å²) in [4.78, 5) is 2.65. The van der Waals surface area contributed by atoms with Crippen LogP contribution in [0.1, 0.15) is 31.4 Å². The number of piperazine rings is 1. The molecule has 2 heterocycles. The minimum atomic E-state index is 0. The fourth-order valence-corrected chi connectivity index (χ4v) is 3.73. The summed E-state index contributed by atoms with van der Waals surface area (Å²) in [6, 6.07) is 9.20. The van der Waals surface area contributed by atoms with Crippen LogP contribution in [0.25, 0.3) is 0 Å². The van der Waals surface area contributed by atoms with Gasteiger partial charge in [0.05, 0.1) is 6.61 Å². The van der Waals surface area contributed by atoms with E-state index in [2.05, 4.69) is 34.5 Å². The van der Waals surface area contributed by atoms with E-state index >= 15 is 0 Å². The number of nitrogens with zero attached hydrogens (tertiary/aromatic N) is 1. The molecule has 0 spiro atoms. The summed E-state index contributed by atoms with van der Waals surface area (Å²) in [5, 5.41) is 3.46. The van der Waals surface area contributed by atoms with Crippen LogP contribution in [0.2, 0.25) is 0 Å². The van der Waals surface area contributed by atoms with Crippen LogP contribution < -0.4 is 10.1 Å². The average molecular weight is 377 g/mol. The Kier molecular flexibility index (Phi) is 10.0. The van der Waals surface area contributed by atoms with Crippen molar-refractivity contribution in [3.63, 3.8) is 0 Å². The topological polar surface area (TPSA) is 33.7 Å². The molecule has 2 fully saturated rings. The highest BCUT2D eigenvalue weighted by Gasteiger charge is 2.31. The second-order valence-corrected chi connectivity index (χ2v) is 6.19. The molecule has 1 aromatic carbocycles. The first kappa shape index (κ1) is 21.5. The van der Waals surface area contributed by atoms with Crippen molar-refractivity contribution in [3.8, 4) is 5.75 Å². The lowest BCUT2D eigenvalue weighted by Gasteiger charge is -2.41. The van der Waals surface area contributed by atoms with E-state index in [4.69, 9.17) is 9.47 Å². The monoisotopic (exact) mass is 376 g/mol. The SMILES string of the molecule is CCOc1cccc([C@@H](C2CCOCC2)N2CCNCC2)c1.Cl.Cl. The summed E-state index contributed by atoms with van der Waals surface area (Å²) in [5.74, 6) is 1.68. The molecule has 6 heteroatoms. The Bertz CT molecular complexity index is 446. The zero-order valence-electron chi connectivity index (χ0n) is 14.4. The third kappa shape index (κ3) is 5.50. The highest BCUT2D eigenvalue weighted by molar-refractivity contribution is 5.85. The summed E-state index contributed by atoms with van der Waals surface area (Å²) < 4.78 is 11.3. The van der Waals surface area contributed by atoms with E-state index in [0.29, 0.717) is 12.0 Å². The number of ether oxygens (including phenoxy) is 2. The normalized spacial score (nSPS) is 20.5. The molecule has 2 aliphatic rings. The summed E-state index contributed by atoms with van der Waals surface area (Å²) in [7, 11) is 0. The molecule has 4 nitrogen and oxygen atoms in total. The van der Waals surface area contributed by atoms with Crippen LogP contribution in [-0.4, -0.2) is 50.9 Å². The molecule has 1 atom stereocenters. The average Bonchev–Trinajstić information content (AvgIpc) is 2.58. The van der Waals surface area contributed by atoms with Gasteiger partial charge in [0.25, 0.3) is 0 Å². The first-order chi connectivity index (χ1) is 10.9. The summed E-state index contributed by atoms with van der Waals surface area (Å²) in [6.07, 6.45) is 2.32. The molecule has 1 aromatic rings. The van der Waals surface area contributed by atoms with Crippen molar-refractivity contribution in [2.75, 3.05) is 46.0 Å². The zero-order valence-corrected chi connectivity index (χ0v) is 16.0. The van der Waals surface area contributed by atoms with Gasteiger partial charge in [-0.2, -0.15) is 0 Å². The fourth-order valence-electron chi connectivity index (χ4n) is 3.73. The molecule has 24 heavy (non-hydrogen) atoms. The first-order valence-corrected chi connectivity index (χ1v) is 8.63. The van der Waals surface area contributed by atoms with E-state index in [1.165, 1.54) is 5.56 Å². The number of nitrogens with one attached hydrogen (secondary N) is 1. The third-order valence-electron chi connectivity index (χ3n) is 4.77. The second kappa shape index (κ2) is 11.2. The Balaban J connectivity index is 0.00000144. The minimum Gasteiger partial charge on any atom is -0.494 e. The zero-order chi connectivity index (χ0) is 15.2. The Labute approximate surface area is 158 Å². The van der Waals surface area contributed by atoms with E-state index < -0.39 is 0 Å². The summed E-state index contributed by atoms with van der Waals surface area (Å²) in [5.41, 5.74) is 1.40. The number of halogens is 2. The van der Waals surface area contributed by atoms with Gasteiger partial charge in [-0.3, -0.25) is 4.90 Å². The maximum Gasteiger partial charge on any atom is 0.119 e. The predicted molar refractivity (Wildman–Crippen MR) is 103 cm³/mol. The van der Waals surface area contributed by atoms with E-state index in [1.807, 2.05) is 6.92 Å². The van der Waals surface area contributed by atoms with Crippen molar-refractivity contribution in [2.24, 2.45) is 5.92 Å². The maximum atomic E-state index is 5.72. The predicted octanol–water partition coefficient (Wildman–Crippen LogP) is 3.30. The van der Waals surface area contributed by atoms with Crippen LogP contribution in [0, 0.1) is 5.92 Å². The van der Waals surface area contributed by atoms with Gasteiger partial charge in [0.15, 0.2) is 0 Å². The largest absolute Gasteiger partial charge is 0.494 e. The first-order valence-electron chi connectivity index (χ1n) is 8.63. The molecule has 0 aliphatic carbocycles. The van der Waals surface area contributed by atoms with E-state index in [-0.39, 0.29) is 24.8 Å². The number of rotatable bonds is 5. The van der Waals surface area contributed by atoms with Crippen molar-refractivity contribution >= 4 is 24.8 Å². The van der Waals surface area contributed by atoms with Gasteiger partial charge in [0, 0.05) is 45.4 Å². The van der Waals surface area contributed by atoms with Gasteiger partial charge < -0.3 is 14.8 Å². The van der Waals surface area contributed by atoms with Crippen molar-refractivity contribution in [2.45, 2.75) is 25.8 Å². The molecular formula is C18H30Cl2N2O2. The van der Waals surface area contributed by atoms with Gasteiger partial charge in [-0.05, 0) is 43.4 Å². The van der Waals surface area contributed by atoms with E-state index in [0.717, 1.165) is 64.6 Å². The molecule has 0 radical (unpaired) electrons. The molecule has 2 saturated heterocycles. The molecular weight excluding hydrogens is 347 g/mol. The maximum absolute atomic E-state index is 5.72. The third-order valence-corrected chi connectivity index (χ3v) is 4.77. The lowest BCUT2D eigenvalue weighted by atomic mass is 9.85. The van der Waals surface area contributed by atoms with E-state index in [9.17, 15) is 0 Å². The molecule has 0 saturated carbocycles. The quantitative estimate of drug-likeness (QED) is 0.854. The molecule has 1 N–H and O–H groups in total. The number of benzene rings is 1. The van der Waals surface area contributed by atoms with Crippen LogP contribution in [0.4, 0.5) is 0 Å². The van der Waals surface area contributed by atoms with Crippen molar-refractivity contribution in [3.05, 3.63) is 29.8 Å².